The molecule has 0 unspecified atom stereocenters. The molecule has 3 rings (SSSR count). The van der Waals surface area contributed by atoms with Crippen molar-refractivity contribution in [3.8, 4) is 17.2 Å². The van der Waals surface area contributed by atoms with Crippen molar-refractivity contribution in [3.63, 3.8) is 0 Å². The summed E-state index contributed by atoms with van der Waals surface area (Å²) in [7, 11) is 4.57. The molecule has 0 aliphatic rings. The highest BCUT2D eigenvalue weighted by atomic mass is 16.5. The normalized spacial score (nSPS) is 10.2. The SMILES string of the molecule is COc1cc(NC(=O)N(c2ccccc2)c2ccc(N)cc2)cc(OC)c1OC. The molecule has 2 amide bonds. The predicted octanol–water partition coefficient (Wildman–Crippen LogP) is 4.66. The molecule has 0 saturated carbocycles. The van der Waals surface area contributed by atoms with Gasteiger partial charge in [-0.1, -0.05) is 18.2 Å². The highest BCUT2D eigenvalue weighted by molar-refractivity contribution is 6.07. The summed E-state index contributed by atoms with van der Waals surface area (Å²) >= 11 is 0. The number of hydrogen-bond acceptors (Lipinski definition) is 5. The van der Waals surface area contributed by atoms with Gasteiger partial charge in [0.25, 0.3) is 0 Å². The largest absolute Gasteiger partial charge is 0.493 e. The van der Waals surface area contributed by atoms with Gasteiger partial charge in [-0.15, -0.1) is 0 Å². The minimum atomic E-state index is -0.352. The number of nitrogens with zero attached hydrogens (tertiary/aromatic N) is 1. The van der Waals surface area contributed by atoms with Gasteiger partial charge in [-0.3, -0.25) is 4.90 Å². The minimum Gasteiger partial charge on any atom is -0.493 e. The zero-order chi connectivity index (χ0) is 20.8. The van der Waals surface area contributed by atoms with E-state index in [0.717, 1.165) is 0 Å². The van der Waals surface area contributed by atoms with Crippen LogP contribution >= 0.6 is 0 Å². The number of ether oxygens (including phenoxy) is 3. The lowest BCUT2D eigenvalue weighted by Crippen LogP contribution is -2.30. The van der Waals surface area contributed by atoms with Gasteiger partial charge in [0.1, 0.15) is 0 Å². The molecule has 3 aromatic carbocycles. The number of carbonyl (C=O) groups is 1. The summed E-state index contributed by atoms with van der Waals surface area (Å²) in [5, 5.41) is 2.89. The van der Waals surface area contributed by atoms with E-state index in [1.807, 2.05) is 30.3 Å². The molecule has 7 heteroatoms. The number of amides is 2. The molecule has 0 saturated heterocycles. The van der Waals surface area contributed by atoms with Crippen molar-refractivity contribution in [3.05, 3.63) is 66.7 Å². The zero-order valence-corrected chi connectivity index (χ0v) is 16.5. The van der Waals surface area contributed by atoms with Crippen molar-refractivity contribution >= 4 is 28.8 Å². The third-order valence-corrected chi connectivity index (χ3v) is 4.28. The van der Waals surface area contributed by atoms with Crippen LogP contribution in [0.2, 0.25) is 0 Å². The number of nitrogen functional groups attached to an aromatic ring is 1. The summed E-state index contributed by atoms with van der Waals surface area (Å²) in [6, 6.07) is 19.4. The molecule has 0 bridgehead atoms. The number of methoxy groups -OCH3 is 3. The quantitative estimate of drug-likeness (QED) is 0.595. The number of urea groups is 1. The Kier molecular flexibility index (Phi) is 6.09. The summed E-state index contributed by atoms with van der Waals surface area (Å²) in [5.41, 5.74) is 8.30. The van der Waals surface area contributed by atoms with Crippen molar-refractivity contribution < 1.29 is 19.0 Å². The lowest BCUT2D eigenvalue weighted by molar-refractivity contribution is 0.259. The van der Waals surface area contributed by atoms with Crippen LogP contribution in [0.25, 0.3) is 0 Å². The Hall–Kier alpha value is -3.87. The van der Waals surface area contributed by atoms with E-state index in [2.05, 4.69) is 5.32 Å². The van der Waals surface area contributed by atoms with Crippen molar-refractivity contribution in [2.45, 2.75) is 0 Å². The third-order valence-electron chi connectivity index (χ3n) is 4.28. The van der Waals surface area contributed by atoms with E-state index >= 15 is 0 Å². The van der Waals surface area contributed by atoms with Gasteiger partial charge in [-0.25, -0.2) is 4.79 Å². The van der Waals surface area contributed by atoms with Crippen LogP contribution in [0, 0.1) is 0 Å². The van der Waals surface area contributed by atoms with E-state index in [1.165, 1.54) is 21.3 Å². The maximum atomic E-state index is 13.2. The van der Waals surface area contributed by atoms with Crippen molar-refractivity contribution in [2.75, 3.05) is 37.3 Å². The van der Waals surface area contributed by atoms with Gasteiger partial charge in [-0.05, 0) is 36.4 Å². The van der Waals surface area contributed by atoms with Crippen molar-refractivity contribution in [1.82, 2.24) is 0 Å². The number of carbonyl (C=O) groups excluding carboxylic acids is 1. The molecular formula is C22H23N3O4. The Morgan fingerprint density at radius 2 is 1.38 bits per heavy atom. The van der Waals surface area contributed by atoms with E-state index in [-0.39, 0.29) is 6.03 Å². The fraction of sp³-hybridized carbons (Fsp3) is 0.136. The predicted molar refractivity (Wildman–Crippen MR) is 115 cm³/mol. The minimum absolute atomic E-state index is 0.352. The summed E-state index contributed by atoms with van der Waals surface area (Å²) in [6.45, 7) is 0. The number of nitrogens with one attached hydrogen (secondary N) is 1. The number of benzene rings is 3. The average Bonchev–Trinajstić information content (AvgIpc) is 2.75. The second-order valence-electron chi connectivity index (χ2n) is 6.11. The van der Waals surface area contributed by atoms with E-state index in [9.17, 15) is 4.79 Å². The zero-order valence-electron chi connectivity index (χ0n) is 16.5. The van der Waals surface area contributed by atoms with E-state index in [0.29, 0.717) is 40.0 Å². The molecule has 7 nitrogen and oxygen atoms in total. The average molecular weight is 393 g/mol. The highest BCUT2D eigenvalue weighted by Gasteiger charge is 2.20. The topological polar surface area (TPSA) is 86.1 Å². The maximum absolute atomic E-state index is 13.2. The van der Waals surface area contributed by atoms with Gasteiger partial charge >= 0.3 is 6.03 Å². The van der Waals surface area contributed by atoms with Gasteiger partial charge in [0.05, 0.1) is 38.4 Å². The first-order valence-corrected chi connectivity index (χ1v) is 8.89. The molecule has 0 fully saturated rings. The second kappa shape index (κ2) is 8.88. The van der Waals surface area contributed by atoms with Gasteiger partial charge in [0, 0.05) is 17.8 Å². The van der Waals surface area contributed by atoms with Crippen LogP contribution < -0.4 is 30.2 Å². The van der Waals surface area contributed by atoms with Crippen LogP contribution in [0.3, 0.4) is 0 Å². The third kappa shape index (κ3) is 4.35. The second-order valence-corrected chi connectivity index (χ2v) is 6.11. The number of anilines is 4. The first-order valence-electron chi connectivity index (χ1n) is 8.89. The number of nitrogens with two attached hydrogens (primary N) is 1. The molecular weight excluding hydrogens is 370 g/mol. The lowest BCUT2D eigenvalue weighted by atomic mass is 10.2. The smallest absolute Gasteiger partial charge is 0.330 e. The fourth-order valence-corrected chi connectivity index (χ4v) is 2.92. The molecule has 29 heavy (non-hydrogen) atoms. The fourth-order valence-electron chi connectivity index (χ4n) is 2.92. The molecule has 150 valence electrons. The van der Waals surface area contributed by atoms with Crippen molar-refractivity contribution in [1.29, 1.82) is 0 Å². The lowest BCUT2D eigenvalue weighted by Gasteiger charge is -2.24. The molecule has 0 spiro atoms. The van der Waals surface area contributed by atoms with Gasteiger partial charge in [0.2, 0.25) is 5.75 Å². The Labute approximate surface area is 169 Å². The molecule has 0 heterocycles. The Morgan fingerprint density at radius 3 is 1.90 bits per heavy atom. The van der Waals surface area contributed by atoms with E-state index < -0.39 is 0 Å². The van der Waals surface area contributed by atoms with Crippen LogP contribution in [0.5, 0.6) is 17.2 Å². The van der Waals surface area contributed by atoms with E-state index in [4.69, 9.17) is 19.9 Å². The Bertz CT molecular complexity index is 950. The van der Waals surface area contributed by atoms with Crippen LogP contribution in [0.4, 0.5) is 27.5 Å². The summed E-state index contributed by atoms with van der Waals surface area (Å²) in [5.74, 6) is 1.34. The molecule has 3 N–H and O–H groups in total. The molecule has 0 aliphatic heterocycles. The number of para-hydroxylation sites is 1. The van der Waals surface area contributed by atoms with Crippen LogP contribution in [-0.4, -0.2) is 27.4 Å². The molecule has 0 aromatic heterocycles. The van der Waals surface area contributed by atoms with Gasteiger partial charge < -0.3 is 25.3 Å². The summed E-state index contributed by atoms with van der Waals surface area (Å²) in [4.78, 5) is 14.8. The first kappa shape index (κ1) is 19.9. The maximum Gasteiger partial charge on any atom is 0.330 e. The van der Waals surface area contributed by atoms with Crippen molar-refractivity contribution in [2.24, 2.45) is 0 Å². The monoisotopic (exact) mass is 393 g/mol. The summed E-state index contributed by atoms with van der Waals surface area (Å²) < 4.78 is 16.1. The van der Waals surface area contributed by atoms with Crippen LogP contribution in [-0.2, 0) is 0 Å². The number of rotatable bonds is 6. The molecule has 0 radical (unpaired) electrons. The summed E-state index contributed by atoms with van der Waals surface area (Å²) in [6.07, 6.45) is 0. The molecule has 0 atom stereocenters. The van der Waals surface area contributed by atoms with Gasteiger partial charge in [-0.2, -0.15) is 0 Å². The van der Waals surface area contributed by atoms with Crippen LogP contribution in [0.15, 0.2) is 66.7 Å². The van der Waals surface area contributed by atoms with E-state index in [1.54, 1.807) is 41.3 Å². The Balaban J connectivity index is 1.98. The first-order chi connectivity index (χ1) is 14.1. The molecule has 3 aromatic rings. The highest BCUT2D eigenvalue weighted by Crippen LogP contribution is 2.40. The Morgan fingerprint density at radius 1 is 0.828 bits per heavy atom. The van der Waals surface area contributed by atoms with Gasteiger partial charge in [0.15, 0.2) is 11.5 Å². The standard InChI is InChI=1S/C22H23N3O4/c1-27-19-13-16(14-20(28-2)21(19)29-3)24-22(26)25(17-7-5-4-6-8-17)18-11-9-15(23)10-12-18/h4-14H,23H2,1-3H3,(H,24,26). The molecule has 0 aliphatic carbocycles. The number of hydrogen-bond donors (Lipinski definition) is 2. The van der Waals surface area contributed by atoms with Crippen LogP contribution in [0.1, 0.15) is 0 Å².